The predicted molar refractivity (Wildman–Crippen MR) is 123 cm³/mol. The second-order valence-corrected chi connectivity index (χ2v) is 8.86. The van der Waals surface area contributed by atoms with Crippen molar-refractivity contribution in [2.75, 3.05) is 26.2 Å². The Hall–Kier alpha value is -3.09. The number of rotatable bonds is 5. The number of ether oxygens (including phenoxy) is 1. The molecule has 170 valence electrons. The van der Waals surface area contributed by atoms with Crippen LogP contribution in [0.4, 0.5) is 4.79 Å². The smallest absolute Gasteiger partial charge is 0.320 e. The van der Waals surface area contributed by atoms with Crippen molar-refractivity contribution >= 4 is 11.9 Å². The van der Waals surface area contributed by atoms with Crippen molar-refractivity contribution in [1.82, 2.24) is 20.1 Å². The summed E-state index contributed by atoms with van der Waals surface area (Å²) in [7, 11) is 0. The van der Waals surface area contributed by atoms with E-state index in [2.05, 4.69) is 16.4 Å². The minimum absolute atomic E-state index is 0.000339. The van der Waals surface area contributed by atoms with Crippen molar-refractivity contribution in [1.29, 1.82) is 0 Å². The number of likely N-dealkylation sites (tertiary alicyclic amines) is 2. The van der Waals surface area contributed by atoms with Crippen LogP contribution in [0.3, 0.4) is 0 Å². The van der Waals surface area contributed by atoms with E-state index in [-0.39, 0.29) is 17.9 Å². The van der Waals surface area contributed by atoms with Crippen molar-refractivity contribution in [3.63, 3.8) is 0 Å². The molecule has 1 aromatic carbocycles. The van der Waals surface area contributed by atoms with Crippen molar-refractivity contribution < 1.29 is 14.3 Å². The number of piperidine rings is 1. The number of nitrogens with one attached hydrogen (secondary N) is 1. The summed E-state index contributed by atoms with van der Waals surface area (Å²) >= 11 is 0. The van der Waals surface area contributed by atoms with E-state index in [1.54, 1.807) is 6.20 Å². The van der Waals surface area contributed by atoms with E-state index < -0.39 is 0 Å². The molecule has 2 aliphatic heterocycles. The first-order chi connectivity index (χ1) is 15.5. The van der Waals surface area contributed by atoms with Gasteiger partial charge in [0.05, 0.1) is 5.92 Å². The molecule has 7 nitrogen and oxygen atoms in total. The fraction of sp³-hybridized carbons (Fsp3) is 0.480. The number of carbonyl (C=O) groups is 2. The van der Waals surface area contributed by atoms with Gasteiger partial charge in [-0.05, 0) is 62.3 Å². The Balaban J connectivity index is 1.28. The van der Waals surface area contributed by atoms with Crippen molar-refractivity contribution in [2.45, 2.75) is 46.1 Å². The summed E-state index contributed by atoms with van der Waals surface area (Å²) < 4.78 is 5.90. The quantitative estimate of drug-likeness (QED) is 0.768. The van der Waals surface area contributed by atoms with Crippen LogP contribution in [-0.4, -0.2) is 52.9 Å². The van der Waals surface area contributed by atoms with E-state index in [9.17, 15) is 9.59 Å². The number of pyridine rings is 1. The van der Waals surface area contributed by atoms with Crippen LogP contribution >= 0.6 is 0 Å². The molecule has 1 aromatic heterocycles. The summed E-state index contributed by atoms with van der Waals surface area (Å²) in [4.78, 5) is 33.5. The molecule has 0 aliphatic carbocycles. The molecule has 2 aliphatic rings. The number of benzene rings is 1. The lowest BCUT2D eigenvalue weighted by Crippen LogP contribution is -2.49. The number of hydrogen-bond donors (Lipinski definition) is 1. The summed E-state index contributed by atoms with van der Waals surface area (Å²) in [6.45, 7) is 7.35. The minimum Gasteiger partial charge on any atom is -0.439 e. The number of carbonyl (C=O) groups excluding carboxylic acids is 2. The third-order valence-corrected chi connectivity index (χ3v) is 6.26. The largest absolute Gasteiger partial charge is 0.439 e. The highest BCUT2D eigenvalue weighted by Gasteiger charge is 2.31. The monoisotopic (exact) mass is 436 g/mol. The fourth-order valence-electron chi connectivity index (χ4n) is 4.31. The Morgan fingerprint density at radius 1 is 1.06 bits per heavy atom. The Kier molecular flexibility index (Phi) is 6.93. The van der Waals surface area contributed by atoms with Gasteiger partial charge in [-0.25, -0.2) is 9.78 Å². The van der Waals surface area contributed by atoms with Crippen molar-refractivity contribution in [3.05, 3.63) is 53.2 Å². The van der Waals surface area contributed by atoms with Crippen LogP contribution in [0.2, 0.25) is 0 Å². The molecule has 0 unspecified atom stereocenters. The van der Waals surface area contributed by atoms with Crippen LogP contribution in [0, 0.1) is 19.8 Å². The van der Waals surface area contributed by atoms with Gasteiger partial charge in [-0.2, -0.15) is 0 Å². The molecule has 32 heavy (non-hydrogen) atoms. The normalized spacial score (nSPS) is 18.5. The van der Waals surface area contributed by atoms with E-state index in [1.807, 2.05) is 47.9 Å². The zero-order valence-corrected chi connectivity index (χ0v) is 19.0. The maximum absolute atomic E-state index is 12.7. The van der Waals surface area contributed by atoms with Crippen LogP contribution in [-0.2, 0) is 11.3 Å². The van der Waals surface area contributed by atoms with Gasteiger partial charge in [0.2, 0.25) is 11.8 Å². The Morgan fingerprint density at radius 2 is 1.84 bits per heavy atom. The Bertz CT molecular complexity index is 954. The van der Waals surface area contributed by atoms with Gasteiger partial charge < -0.3 is 19.9 Å². The number of aryl methyl sites for hydroxylation is 2. The van der Waals surface area contributed by atoms with Crippen LogP contribution in [0.25, 0.3) is 0 Å². The van der Waals surface area contributed by atoms with Crippen molar-refractivity contribution in [3.8, 4) is 11.6 Å². The van der Waals surface area contributed by atoms with Gasteiger partial charge in [-0.3, -0.25) is 4.79 Å². The summed E-state index contributed by atoms with van der Waals surface area (Å²) in [6, 6.07) is 9.89. The Morgan fingerprint density at radius 3 is 2.59 bits per heavy atom. The fourth-order valence-corrected chi connectivity index (χ4v) is 4.31. The van der Waals surface area contributed by atoms with Crippen LogP contribution in [0.5, 0.6) is 11.6 Å². The third kappa shape index (κ3) is 5.39. The molecule has 0 saturated carbocycles. The predicted octanol–water partition coefficient (Wildman–Crippen LogP) is 4.03. The highest BCUT2D eigenvalue weighted by molar-refractivity contribution is 5.81. The zero-order chi connectivity index (χ0) is 22.5. The average molecular weight is 437 g/mol. The minimum atomic E-state index is -0.157. The zero-order valence-electron chi connectivity index (χ0n) is 19.0. The molecule has 3 heterocycles. The topological polar surface area (TPSA) is 74.8 Å². The molecule has 7 heteroatoms. The Labute approximate surface area is 189 Å². The number of nitrogens with zero attached hydrogens (tertiary/aromatic N) is 3. The van der Waals surface area contributed by atoms with Crippen LogP contribution in [0.1, 0.15) is 42.4 Å². The van der Waals surface area contributed by atoms with E-state index >= 15 is 0 Å². The number of amides is 3. The molecule has 2 fully saturated rings. The van der Waals surface area contributed by atoms with Crippen LogP contribution in [0.15, 0.2) is 36.5 Å². The maximum atomic E-state index is 12.7. The highest BCUT2D eigenvalue weighted by atomic mass is 16.5. The molecule has 2 aromatic rings. The first kappa shape index (κ1) is 22.1. The van der Waals surface area contributed by atoms with Gasteiger partial charge in [0.25, 0.3) is 0 Å². The van der Waals surface area contributed by atoms with Gasteiger partial charge in [0, 0.05) is 45.0 Å². The lowest BCUT2D eigenvalue weighted by atomic mass is 9.97. The molecule has 0 spiro atoms. The van der Waals surface area contributed by atoms with Crippen LogP contribution < -0.4 is 10.1 Å². The number of hydrogen-bond acceptors (Lipinski definition) is 4. The first-order valence-corrected chi connectivity index (χ1v) is 11.5. The average Bonchev–Trinajstić information content (AvgIpc) is 3.35. The molecular weight excluding hydrogens is 404 g/mol. The van der Waals surface area contributed by atoms with Gasteiger partial charge in [-0.15, -0.1) is 0 Å². The molecule has 2 saturated heterocycles. The number of aromatic nitrogens is 1. The summed E-state index contributed by atoms with van der Waals surface area (Å²) in [6.07, 6.45) is 5.56. The van der Waals surface area contributed by atoms with Gasteiger partial charge in [0.1, 0.15) is 5.75 Å². The molecule has 0 radical (unpaired) electrons. The van der Waals surface area contributed by atoms with E-state index in [0.29, 0.717) is 19.0 Å². The van der Waals surface area contributed by atoms with Gasteiger partial charge in [0.15, 0.2) is 0 Å². The lowest BCUT2D eigenvalue weighted by molar-refractivity contribution is -0.126. The molecule has 4 rings (SSSR count). The van der Waals surface area contributed by atoms with E-state index in [0.717, 1.165) is 67.8 Å². The van der Waals surface area contributed by atoms with Crippen molar-refractivity contribution in [2.24, 2.45) is 5.92 Å². The standard InChI is InChI=1S/C25H32N4O3/c1-18-7-8-19(2)22(14-18)32-23-10-9-20(15-26-23)16-27-24(30)21-6-5-13-29(17-21)25(31)28-11-3-4-12-28/h7-10,14-15,21H,3-6,11-13,16-17H2,1-2H3,(H,27,30)/t21-/m0/s1. The second-order valence-electron chi connectivity index (χ2n) is 8.86. The summed E-state index contributed by atoms with van der Waals surface area (Å²) in [5.74, 6) is 1.16. The van der Waals surface area contributed by atoms with E-state index in [1.165, 1.54) is 0 Å². The lowest BCUT2D eigenvalue weighted by Gasteiger charge is -2.34. The maximum Gasteiger partial charge on any atom is 0.320 e. The first-order valence-electron chi connectivity index (χ1n) is 11.5. The third-order valence-electron chi connectivity index (χ3n) is 6.26. The molecule has 1 N–H and O–H groups in total. The second kappa shape index (κ2) is 10.0. The summed E-state index contributed by atoms with van der Waals surface area (Å²) in [5, 5.41) is 3.01. The number of urea groups is 1. The van der Waals surface area contributed by atoms with Gasteiger partial charge in [-0.1, -0.05) is 18.2 Å². The SMILES string of the molecule is Cc1ccc(C)c(Oc2ccc(CNC(=O)[C@H]3CCCN(C(=O)N4CCCC4)C3)cn2)c1. The molecular formula is C25H32N4O3. The highest BCUT2D eigenvalue weighted by Crippen LogP contribution is 2.25. The molecule has 3 amide bonds. The molecule has 1 atom stereocenters. The summed E-state index contributed by atoms with van der Waals surface area (Å²) in [5.41, 5.74) is 3.10. The molecule has 0 bridgehead atoms. The van der Waals surface area contributed by atoms with Gasteiger partial charge >= 0.3 is 6.03 Å². The van der Waals surface area contributed by atoms with E-state index in [4.69, 9.17) is 4.74 Å².